The molecule has 1 aromatic heterocycles. The van der Waals surface area contributed by atoms with E-state index < -0.39 is 29.3 Å². The van der Waals surface area contributed by atoms with Gasteiger partial charge in [-0.1, -0.05) is 12.1 Å². The third-order valence-electron chi connectivity index (χ3n) is 5.44. The Morgan fingerprint density at radius 3 is 2.77 bits per heavy atom. The first kappa shape index (κ1) is 19.7. The molecule has 0 bridgehead atoms. The van der Waals surface area contributed by atoms with E-state index in [-0.39, 0.29) is 12.1 Å². The molecule has 6 nitrogen and oxygen atoms in total. The number of Topliss-reactive ketones (excluding diaryl/α,β-unsaturated/α-hetero) is 1. The molecule has 30 heavy (non-hydrogen) atoms. The number of fused-ring (bicyclic) bond motifs is 1. The third kappa shape index (κ3) is 3.32. The van der Waals surface area contributed by atoms with Gasteiger partial charge in [-0.15, -0.1) is 0 Å². The van der Waals surface area contributed by atoms with Gasteiger partial charge in [0.25, 0.3) is 5.91 Å². The molecule has 3 aromatic rings. The predicted octanol–water partition coefficient (Wildman–Crippen LogP) is 3.84. The SMILES string of the molecule is COc1ccc2[nH]cc(CCN3C(=O)C(O)=C(C(C)=O)[C@@H]3c3cccc(F)c3)c2c1. The summed E-state index contributed by atoms with van der Waals surface area (Å²) in [6.45, 7) is 1.53. The van der Waals surface area contributed by atoms with Gasteiger partial charge in [-0.3, -0.25) is 9.59 Å². The molecule has 2 heterocycles. The summed E-state index contributed by atoms with van der Waals surface area (Å²) in [5.41, 5.74) is 2.33. The van der Waals surface area contributed by atoms with E-state index in [1.807, 2.05) is 24.4 Å². The first-order valence-corrected chi connectivity index (χ1v) is 9.55. The zero-order valence-electron chi connectivity index (χ0n) is 16.6. The van der Waals surface area contributed by atoms with Crippen molar-refractivity contribution in [2.45, 2.75) is 19.4 Å². The average Bonchev–Trinajstić information content (AvgIpc) is 3.24. The summed E-state index contributed by atoms with van der Waals surface area (Å²) in [6.07, 6.45) is 2.34. The number of aromatic nitrogens is 1. The number of H-pyrrole nitrogens is 1. The summed E-state index contributed by atoms with van der Waals surface area (Å²) in [6, 6.07) is 10.6. The monoisotopic (exact) mass is 408 g/mol. The zero-order chi connectivity index (χ0) is 21.4. The lowest BCUT2D eigenvalue weighted by atomic mass is 9.96. The topological polar surface area (TPSA) is 82.6 Å². The Labute approximate surface area is 172 Å². The minimum Gasteiger partial charge on any atom is -0.503 e. The number of aromatic amines is 1. The molecule has 0 spiro atoms. The fraction of sp³-hybridized carbons (Fsp3) is 0.217. The molecule has 1 aliphatic heterocycles. The number of ether oxygens (including phenoxy) is 1. The number of ketones is 1. The van der Waals surface area contributed by atoms with Crippen LogP contribution in [-0.2, 0) is 16.0 Å². The number of carbonyl (C=O) groups excluding carboxylic acids is 2. The Morgan fingerprint density at radius 1 is 1.27 bits per heavy atom. The van der Waals surface area contributed by atoms with Gasteiger partial charge in [-0.2, -0.15) is 0 Å². The van der Waals surface area contributed by atoms with Crippen molar-refractivity contribution >= 4 is 22.6 Å². The van der Waals surface area contributed by atoms with Crippen molar-refractivity contribution in [3.8, 4) is 5.75 Å². The lowest BCUT2D eigenvalue weighted by Crippen LogP contribution is -2.33. The molecule has 1 atom stereocenters. The van der Waals surface area contributed by atoms with Crippen LogP contribution in [0.2, 0.25) is 0 Å². The van der Waals surface area contributed by atoms with Crippen molar-refractivity contribution in [1.82, 2.24) is 9.88 Å². The van der Waals surface area contributed by atoms with Crippen molar-refractivity contribution < 1.29 is 23.8 Å². The van der Waals surface area contributed by atoms with Crippen LogP contribution < -0.4 is 4.74 Å². The minimum absolute atomic E-state index is 0.00815. The summed E-state index contributed by atoms with van der Waals surface area (Å²) in [7, 11) is 1.59. The average molecular weight is 408 g/mol. The lowest BCUT2D eigenvalue weighted by molar-refractivity contribution is -0.129. The third-order valence-corrected chi connectivity index (χ3v) is 5.44. The number of carbonyl (C=O) groups is 2. The molecule has 154 valence electrons. The Balaban J connectivity index is 1.67. The van der Waals surface area contributed by atoms with Crippen LogP contribution in [0.5, 0.6) is 5.75 Å². The second-order valence-electron chi connectivity index (χ2n) is 7.25. The van der Waals surface area contributed by atoms with Crippen LogP contribution in [0.3, 0.4) is 0 Å². The maximum absolute atomic E-state index is 13.8. The molecule has 0 aliphatic carbocycles. The van der Waals surface area contributed by atoms with Gasteiger partial charge in [0.15, 0.2) is 11.5 Å². The molecule has 0 saturated carbocycles. The standard InChI is InChI=1S/C23H21FN2O4/c1-13(27)20-21(14-4-3-5-16(24)10-14)26(23(29)22(20)28)9-8-15-12-25-19-7-6-17(30-2)11-18(15)19/h3-7,10-12,21,25,28H,8-9H2,1-2H3/t21-/m0/s1. The molecular formula is C23H21FN2O4. The smallest absolute Gasteiger partial charge is 0.290 e. The van der Waals surface area contributed by atoms with E-state index in [0.29, 0.717) is 12.0 Å². The van der Waals surface area contributed by atoms with Gasteiger partial charge >= 0.3 is 0 Å². The lowest BCUT2D eigenvalue weighted by Gasteiger charge is -2.26. The number of amides is 1. The highest BCUT2D eigenvalue weighted by Crippen LogP contribution is 2.38. The van der Waals surface area contributed by atoms with Crippen LogP contribution in [-0.4, -0.2) is 40.3 Å². The van der Waals surface area contributed by atoms with Crippen LogP contribution >= 0.6 is 0 Å². The fourth-order valence-corrected chi connectivity index (χ4v) is 4.00. The van der Waals surface area contributed by atoms with Gasteiger partial charge in [-0.25, -0.2) is 4.39 Å². The van der Waals surface area contributed by atoms with Crippen LogP contribution in [0.25, 0.3) is 10.9 Å². The van der Waals surface area contributed by atoms with Gasteiger partial charge in [-0.05, 0) is 54.8 Å². The molecule has 1 aliphatic rings. The highest BCUT2D eigenvalue weighted by molar-refractivity contribution is 6.08. The molecule has 2 N–H and O–H groups in total. The maximum atomic E-state index is 13.8. The summed E-state index contributed by atoms with van der Waals surface area (Å²) in [5, 5.41) is 11.3. The van der Waals surface area contributed by atoms with E-state index in [1.54, 1.807) is 13.2 Å². The van der Waals surface area contributed by atoms with Crippen molar-refractivity contribution in [3.63, 3.8) is 0 Å². The molecule has 2 aromatic carbocycles. The minimum atomic E-state index is -0.828. The molecular weight excluding hydrogens is 387 g/mol. The quantitative estimate of drug-likeness (QED) is 0.649. The van der Waals surface area contributed by atoms with E-state index in [4.69, 9.17) is 4.74 Å². The number of nitrogens with zero attached hydrogens (tertiary/aromatic N) is 1. The number of benzene rings is 2. The predicted molar refractivity (Wildman–Crippen MR) is 110 cm³/mol. The van der Waals surface area contributed by atoms with E-state index in [1.165, 1.54) is 30.0 Å². The Morgan fingerprint density at radius 2 is 2.07 bits per heavy atom. The second kappa shape index (κ2) is 7.67. The Bertz CT molecular complexity index is 1180. The van der Waals surface area contributed by atoms with Gasteiger partial charge in [0, 0.05) is 23.6 Å². The van der Waals surface area contributed by atoms with Crippen LogP contribution in [0.15, 0.2) is 60.0 Å². The molecule has 7 heteroatoms. The zero-order valence-corrected chi connectivity index (χ0v) is 16.6. The number of methoxy groups -OCH3 is 1. The molecule has 0 saturated heterocycles. The van der Waals surface area contributed by atoms with Crippen LogP contribution in [0, 0.1) is 5.82 Å². The van der Waals surface area contributed by atoms with E-state index >= 15 is 0 Å². The fourth-order valence-electron chi connectivity index (χ4n) is 4.00. The van der Waals surface area contributed by atoms with Gasteiger partial charge < -0.3 is 19.7 Å². The highest BCUT2D eigenvalue weighted by Gasteiger charge is 2.42. The van der Waals surface area contributed by atoms with Crippen molar-refractivity contribution in [2.24, 2.45) is 0 Å². The summed E-state index contributed by atoms with van der Waals surface area (Å²) in [4.78, 5) is 29.5. The molecule has 0 radical (unpaired) electrons. The molecule has 0 fully saturated rings. The summed E-state index contributed by atoms with van der Waals surface area (Å²) >= 11 is 0. The molecule has 0 unspecified atom stereocenters. The number of rotatable bonds is 6. The summed E-state index contributed by atoms with van der Waals surface area (Å²) in [5.74, 6) is -1.38. The number of aliphatic hydroxyl groups is 1. The first-order valence-electron chi connectivity index (χ1n) is 9.55. The van der Waals surface area contributed by atoms with Crippen molar-refractivity contribution in [1.29, 1.82) is 0 Å². The van der Waals surface area contributed by atoms with Gasteiger partial charge in [0.05, 0.1) is 18.7 Å². The number of nitrogens with one attached hydrogen (secondary N) is 1. The van der Waals surface area contributed by atoms with Crippen molar-refractivity contribution in [3.05, 3.63) is 76.9 Å². The second-order valence-corrected chi connectivity index (χ2v) is 7.25. The number of halogens is 1. The van der Waals surface area contributed by atoms with E-state index in [2.05, 4.69) is 4.98 Å². The summed E-state index contributed by atoms with van der Waals surface area (Å²) < 4.78 is 19.1. The largest absolute Gasteiger partial charge is 0.503 e. The first-order chi connectivity index (χ1) is 14.4. The van der Waals surface area contributed by atoms with E-state index in [0.717, 1.165) is 22.2 Å². The van der Waals surface area contributed by atoms with Crippen LogP contribution in [0.4, 0.5) is 4.39 Å². The Kier molecular flexibility index (Phi) is 5.03. The molecule has 1 amide bonds. The highest BCUT2D eigenvalue weighted by atomic mass is 19.1. The number of aliphatic hydroxyl groups excluding tert-OH is 1. The normalized spacial score (nSPS) is 16.6. The number of hydrogen-bond donors (Lipinski definition) is 2. The Hall–Kier alpha value is -3.61. The molecule has 4 rings (SSSR count). The van der Waals surface area contributed by atoms with Gasteiger partial charge in [0.1, 0.15) is 11.6 Å². The maximum Gasteiger partial charge on any atom is 0.290 e. The van der Waals surface area contributed by atoms with E-state index in [9.17, 15) is 19.1 Å². The van der Waals surface area contributed by atoms with Crippen molar-refractivity contribution in [2.75, 3.05) is 13.7 Å². The van der Waals surface area contributed by atoms with Gasteiger partial charge in [0.2, 0.25) is 0 Å². The number of hydrogen-bond acceptors (Lipinski definition) is 4. The van der Waals surface area contributed by atoms with Crippen LogP contribution in [0.1, 0.15) is 24.1 Å².